The molecule has 0 fully saturated rings. The average molecular weight is 224 g/mol. The Bertz CT molecular complexity index is 326. The third-order valence-corrected chi connectivity index (χ3v) is 2.67. The van der Waals surface area contributed by atoms with Gasteiger partial charge in [-0.25, -0.2) is 4.39 Å². The Morgan fingerprint density at radius 2 is 2.12 bits per heavy atom. The number of rotatable bonds is 6. The summed E-state index contributed by atoms with van der Waals surface area (Å²) in [6.45, 7) is 3.88. The topological polar surface area (TPSA) is 15.3 Å². The maximum absolute atomic E-state index is 13.1. The summed E-state index contributed by atoms with van der Waals surface area (Å²) in [6, 6.07) is 4.99. The molecule has 0 saturated heterocycles. The van der Waals surface area contributed by atoms with Gasteiger partial charge in [0.05, 0.1) is 0 Å². The summed E-state index contributed by atoms with van der Waals surface area (Å²) in [5.41, 5.74) is 2.13. The van der Waals surface area contributed by atoms with Crippen molar-refractivity contribution in [2.24, 2.45) is 0 Å². The highest BCUT2D eigenvalue weighted by atomic mass is 19.1. The molecular weight excluding hydrogens is 203 g/mol. The van der Waals surface area contributed by atoms with Gasteiger partial charge in [-0.1, -0.05) is 13.3 Å². The summed E-state index contributed by atoms with van der Waals surface area (Å²) in [5.74, 6) is -0.169. The van der Waals surface area contributed by atoms with Crippen LogP contribution in [0.3, 0.4) is 0 Å². The third-order valence-electron chi connectivity index (χ3n) is 2.67. The van der Waals surface area contributed by atoms with Crippen molar-refractivity contribution in [3.8, 4) is 0 Å². The fraction of sp³-hybridized carbons (Fsp3) is 0.538. The average Bonchev–Trinajstić information content (AvgIpc) is 2.26. The van der Waals surface area contributed by atoms with Gasteiger partial charge in [0.15, 0.2) is 0 Å². The van der Waals surface area contributed by atoms with Crippen LogP contribution in [0.4, 0.5) is 10.1 Å². The highest BCUT2D eigenvalue weighted by Crippen LogP contribution is 2.20. The fourth-order valence-electron chi connectivity index (χ4n) is 1.77. The first kappa shape index (κ1) is 13.0. The molecule has 0 spiro atoms. The predicted molar refractivity (Wildman–Crippen MR) is 67.3 cm³/mol. The standard InChI is InChI=1S/C13H21FN2/c1-4-5-8-16(3)13-7-6-12(14)9-11(13)10-15-2/h6-7,9,15H,4-5,8,10H2,1-3H3. The van der Waals surface area contributed by atoms with Crippen LogP contribution in [0.2, 0.25) is 0 Å². The van der Waals surface area contributed by atoms with E-state index in [1.807, 2.05) is 13.1 Å². The van der Waals surface area contributed by atoms with Crippen molar-refractivity contribution in [1.29, 1.82) is 0 Å². The number of unbranched alkanes of at least 4 members (excludes halogenated alkanes) is 1. The van der Waals surface area contributed by atoms with Crippen molar-refractivity contribution < 1.29 is 4.39 Å². The Morgan fingerprint density at radius 1 is 1.38 bits per heavy atom. The van der Waals surface area contributed by atoms with E-state index in [-0.39, 0.29) is 5.82 Å². The van der Waals surface area contributed by atoms with Gasteiger partial charge in [-0.15, -0.1) is 0 Å². The van der Waals surface area contributed by atoms with E-state index in [9.17, 15) is 4.39 Å². The second-order valence-corrected chi connectivity index (χ2v) is 4.08. The van der Waals surface area contributed by atoms with Crippen molar-refractivity contribution >= 4 is 5.69 Å². The molecule has 0 amide bonds. The van der Waals surface area contributed by atoms with Crippen LogP contribution in [0.15, 0.2) is 18.2 Å². The normalized spacial score (nSPS) is 10.5. The molecule has 0 atom stereocenters. The number of nitrogens with zero attached hydrogens (tertiary/aromatic N) is 1. The maximum atomic E-state index is 13.1. The quantitative estimate of drug-likeness (QED) is 0.799. The van der Waals surface area contributed by atoms with Crippen LogP contribution in [-0.2, 0) is 6.54 Å². The summed E-state index contributed by atoms with van der Waals surface area (Å²) in [7, 11) is 3.93. The zero-order chi connectivity index (χ0) is 12.0. The summed E-state index contributed by atoms with van der Waals surface area (Å²) in [6.07, 6.45) is 2.33. The third kappa shape index (κ3) is 3.49. The molecule has 1 aromatic carbocycles. The first-order valence-corrected chi connectivity index (χ1v) is 5.83. The van der Waals surface area contributed by atoms with Gasteiger partial charge in [0.25, 0.3) is 0 Å². The highest BCUT2D eigenvalue weighted by molar-refractivity contribution is 5.53. The molecule has 1 aromatic rings. The number of halogens is 1. The zero-order valence-corrected chi connectivity index (χ0v) is 10.4. The Balaban J connectivity index is 2.84. The molecule has 0 heterocycles. The fourth-order valence-corrected chi connectivity index (χ4v) is 1.77. The lowest BCUT2D eigenvalue weighted by Gasteiger charge is -2.22. The van der Waals surface area contributed by atoms with Gasteiger partial charge >= 0.3 is 0 Å². The van der Waals surface area contributed by atoms with Crippen molar-refractivity contribution in [2.45, 2.75) is 26.3 Å². The highest BCUT2D eigenvalue weighted by Gasteiger charge is 2.07. The van der Waals surface area contributed by atoms with Crippen molar-refractivity contribution in [2.75, 3.05) is 25.5 Å². The molecule has 1 rings (SSSR count). The van der Waals surface area contributed by atoms with Crippen LogP contribution in [0.1, 0.15) is 25.3 Å². The molecule has 0 bridgehead atoms. The van der Waals surface area contributed by atoms with Crippen LogP contribution in [0, 0.1) is 5.82 Å². The van der Waals surface area contributed by atoms with Crippen LogP contribution in [-0.4, -0.2) is 20.6 Å². The summed E-state index contributed by atoms with van der Waals surface area (Å²) < 4.78 is 13.1. The van der Waals surface area contributed by atoms with Crippen molar-refractivity contribution in [3.05, 3.63) is 29.6 Å². The van der Waals surface area contributed by atoms with Crippen LogP contribution < -0.4 is 10.2 Å². The maximum Gasteiger partial charge on any atom is 0.123 e. The Labute approximate surface area is 97.5 Å². The summed E-state index contributed by atoms with van der Waals surface area (Å²) in [4.78, 5) is 2.19. The second-order valence-electron chi connectivity index (χ2n) is 4.08. The molecule has 3 heteroatoms. The molecule has 0 saturated carbocycles. The van der Waals surface area contributed by atoms with E-state index in [1.165, 1.54) is 12.5 Å². The smallest absolute Gasteiger partial charge is 0.123 e. The zero-order valence-electron chi connectivity index (χ0n) is 10.4. The molecule has 0 unspecified atom stereocenters. The molecule has 90 valence electrons. The molecule has 0 radical (unpaired) electrons. The molecule has 0 aliphatic heterocycles. The molecule has 1 N–H and O–H groups in total. The number of anilines is 1. The van der Waals surface area contributed by atoms with E-state index in [4.69, 9.17) is 0 Å². The van der Waals surface area contributed by atoms with Gasteiger partial charge in [-0.05, 0) is 37.2 Å². The molecule has 0 aliphatic rings. The Kier molecular flexibility index (Phi) is 5.26. The Hall–Kier alpha value is -1.09. The minimum absolute atomic E-state index is 0.169. The number of benzene rings is 1. The SMILES string of the molecule is CCCCN(C)c1ccc(F)cc1CNC. The van der Waals surface area contributed by atoms with Gasteiger partial charge in [0, 0.05) is 25.8 Å². The van der Waals surface area contributed by atoms with E-state index >= 15 is 0 Å². The van der Waals surface area contributed by atoms with E-state index in [0.717, 1.165) is 24.2 Å². The lowest BCUT2D eigenvalue weighted by molar-refractivity contribution is 0.623. The molecule has 2 nitrogen and oxygen atoms in total. The molecular formula is C13H21FN2. The van der Waals surface area contributed by atoms with Gasteiger partial charge in [-0.2, -0.15) is 0 Å². The number of hydrogen-bond acceptors (Lipinski definition) is 2. The number of hydrogen-bond donors (Lipinski definition) is 1. The van der Waals surface area contributed by atoms with E-state index in [2.05, 4.69) is 24.2 Å². The molecule has 0 aromatic heterocycles. The van der Waals surface area contributed by atoms with E-state index < -0.39 is 0 Å². The monoisotopic (exact) mass is 224 g/mol. The van der Waals surface area contributed by atoms with Gasteiger partial charge in [-0.3, -0.25) is 0 Å². The van der Waals surface area contributed by atoms with Crippen molar-refractivity contribution in [3.63, 3.8) is 0 Å². The van der Waals surface area contributed by atoms with Gasteiger partial charge in [0.2, 0.25) is 0 Å². The lowest BCUT2D eigenvalue weighted by atomic mass is 10.1. The van der Waals surface area contributed by atoms with Crippen molar-refractivity contribution in [1.82, 2.24) is 5.32 Å². The molecule has 0 aliphatic carbocycles. The largest absolute Gasteiger partial charge is 0.374 e. The van der Waals surface area contributed by atoms with Crippen LogP contribution in [0.25, 0.3) is 0 Å². The number of nitrogens with one attached hydrogen (secondary N) is 1. The van der Waals surface area contributed by atoms with Crippen LogP contribution in [0.5, 0.6) is 0 Å². The summed E-state index contributed by atoms with van der Waals surface area (Å²) in [5, 5.41) is 3.07. The lowest BCUT2D eigenvalue weighted by Crippen LogP contribution is -2.21. The van der Waals surface area contributed by atoms with Crippen LogP contribution >= 0.6 is 0 Å². The molecule has 16 heavy (non-hydrogen) atoms. The minimum Gasteiger partial charge on any atom is -0.374 e. The van der Waals surface area contributed by atoms with Gasteiger partial charge in [0.1, 0.15) is 5.82 Å². The Morgan fingerprint density at radius 3 is 2.75 bits per heavy atom. The van der Waals surface area contributed by atoms with E-state index in [0.29, 0.717) is 6.54 Å². The van der Waals surface area contributed by atoms with E-state index in [1.54, 1.807) is 6.07 Å². The minimum atomic E-state index is -0.169. The first-order valence-electron chi connectivity index (χ1n) is 5.83. The second kappa shape index (κ2) is 6.48. The van der Waals surface area contributed by atoms with Gasteiger partial charge < -0.3 is 10.2 Å². The summed E-state index contributed by atoms with van der Waals surface area (Å²) >= 11 is 0. The first-order chi connectivity index (χ1) is 7.69. The predicted octanol–water partition coefficient (Wildman–Crippen LogP) is 2.78.